The second kappa shape index (κ2) is 8.36. The van der Waals surface area contributed by atoms with E-state index in [1.165, 1.54) is 31.5 Å². The predicted octanol–water partition coefficient (Wildman–Crippen LogP) is 4.28. The Balaban J connectivity index is 1.73. The molecule has 0 saturated carbocycles. The number of nitro groups is 1. The molecule has 0 saturated heterocycles. The summed E-state index contributed by atoms with van der Waals surface area (Å²) in [5, 5.41) is 15.3. The number of benzene rings is 2. The SMILES string of the molecule is COc1cccc(C(=O)N/N=C/c2ccc(-c3ccc(Cl)cc3[N+](=O)[O-])o2)c1. The van der Waals surface area contributed by atoms with E-state index in [4.69, 9.17) is 20.8 Å². The van der Waals surface area contributed by atoms with Crippen LogP contribution < -0.4 is 10.2 Å². The van der Waals surface area contributed by atoms with E-state index in [9.17, 15) is 14.9 Å². The number of rotatable bonds is 6. The summed E-state index contributed by atoms with van der Waals surface area (Å²) in [5.41, 5.74) is 2.87. The van der Waals surface area contributed by atoms with Crippen molar-refractivity contribution in [2.45, 2.75) is 0 Å². The maximum Gasteiger partial charge on any atom is 0.281 e. The molecule has 0 aliphatic carbocycles. The summed E-state index contributed by atoms with van der Waals surface area (Å²) in [6.07, 6.45) is 1.29. The van der Waals surface area contributed by atoms with Crippen molar-refractivity contribution in [2.75, 3.05) is 7.11 Å². The van der Waals surface area contributed by atoms with E-state index in [0.29, 0.717) is 17.1 Å². The average Bonchev–Trinajstić information content (AvgIpc) is 3.16. The molecule has 2 aromatic carbocycles. The molecular weight excluding hydrogens is 386 g/mol. The maximum atomic E-state index is 12.1. The van der Waals surface area contributed by atoms with Gasteiger partial charge in [-0.15, -0.1) is 0 Å². The van der Waals surface area contributed by atoms with Crippen molar-refractivity contribution < 1.29 is 18.9 Å². The van der Waals surface area contributed by atoms with Crippen LogP contribution in [0.25, 0.3) is 11.3 Å². The molecule has 9 heteroatoms. The second-order valence-electron chi connectivity index (χ2n) is 5.55. The number of halogens is 1. The number of carbonyl (C=O) groups excluding carboxylic acids is 1. The van der Waals surface area contributed by atoms with Gasteiger partial charge in [-0.3, -0.25) is 14.9 Å². The summed E-state index contributed by atoms with van der Waals surface area (Å²) in [6.45, 7) is 0. The molecule has 1 aromatic heterocycles. The smallest absolute Gasteiger partial charge is 0.281 e. The molecule has 1 heterocycles. The summed E-state index contributed by atoms with van der Waals surface area (Å²) >= 11 is 5.82. The highest BCUT2D eigenvalue weighted by molar-refractivity contribution is 6.30. The van der Waals surface area contributed by atoms with Crippen molar-refractivity contribution in [2.24, 2.45) is 5.10 Å². The first-order valence-electron chi connectivity index (χ1n) is 7.99. The fourth-order valence-corrected chi connectivity index (χ4v) is 2.58. The van der Waals surface area contributed by atoms with Crippen LogP contribution in [-0.2, 0) is 0 Å². The molecule has 0 fully saturated rings. The molecule has 0 aliphatic heterocycles. The van der Waals surface area contributed by atoms with Gasteiger partial charge in [-0.2, -0.15) is 5.10 Å². The Labute approximate surface area is 164 Å². The molecule has 28 heavy (non-hydrogen) atoms. The number of nitrogens with zero attached hydrogens (tertiary/aromatic N) is 2. The number of nitrogens with one attached hydrogen (secondary N) is 1. The number of nitro benzene ring substituents is 1. The number of amides is 1. The van der Waals surface area contributed by atoms with Gasteiger partial charge in [0.25, 0.3) is 11.6 Å². The van der Waals surface area contributed by atoms with Crippen molar-refractivity contribution in [3.63, 3.8) is 0 Å². The van der Waals surface area contributed by atoms with E-state index in [1.54, 1.807) is 36.4 Å². The van der Waals surface area contributed by atoms with Crippen LogP contribution in [0.2, 0.25) is 5.02 Å². The van der Waals surface area contributed by atoms with Gasteiger partial charge in [-0.05, 0) is 42.5 Å². The Hall–Kier alpha value is -3.65. The lowest BCUT2D eigenvalue weighted by atomic mass is 10.1. The second-order valence-corrected chi connectivity index (χ2v) is 5.99. The number of carbonyl (C=O) groups is 1. The molecule has 0 atom stereocenters. The molecule has 3 rings (SSSR count). The average molecular weight is 400 g/mol. The normalized spacial score (nSPS) is 10.8. The summed E-state index contributed by atoms with van der Waals surface area (Å²) < 4.78 is 10.6. The van der Waals surface area contributed by atoms with Gasteiger partial charge in [0.1, 0.15) is 17.3 Å². The van der Waals surface area contributed by atoms with Crippen molar-refractivity contribution in [3.8, 4) is 17.1 Å². The Morgan fingerprint density at radius 3 is 2.82 bits per heavy atom. The number of furan rings is 1. The quantitative estimate of drug-likeness (QED) is 0.378. The van der Waals surface area contributed by atoms with Crippen LogP contribution in [-0.4, -0.2) is 24.2 Å². The standard InChI is InChI=1S/C19H14ClN3O5/c1-27-14-4-2-3-12(9-14)19(24)22-21-11-15-6-8-18(28-15)16-7-5-13(20)10-17(16)23(25)26/h2-11H,1H3,(H,22,24)/b21-11+. The van der Waals surface area contributed by atoms with Gasteiger partial charge >= 0.3 is 0 Å². The molecule has 0 spiro atoms. The van der Waals surface area contributed by atoms with E-state index < -0.39 is 10.8 Å². The number of hydrazone groups is 1. The molecule has 1 amide bonds. The van der Waals surface area contributed by atoms with Crippen molar-refractivity contribution in [1.29, 1.82) is 0 Å². The third-order valence-corrected chi connectivity index (χ3v) is 3.97. The molecule has 0 bridgehead atoms. The van der Waals surface area contributed by atoms with Gasteiger partial charge in [0.15, 0.2) is 0 Å². The molecule has 0 radical (unpaired) electrons. The number of methoxy groups -OCH3 is 1. The Morgan fingerprint density at radius 2 is 2.07 bits per heavy atom. The maximum absolute atomic E-state index is 12.1. The highest BCUT2D eigenvalue weighted by atomic mass is 35.5. The Morgan fingerprint density at radius 1 is 1.25 bits per heavy atom. The zero-order chi connectivity index (χ0) is 20.1. The first-order valence-corrected chi connectivity index (χ1v) is 8.37. The minimum absolute atomic E-state index is 0.170. The van der Waals surface area contributed by atoms with Gasteiger partial charge in [-0.1, -0.05) is 17.7 Å². The van der Waals surface area contributed by atoms with Gasteiger partial charge in [0.05, 0.1) is 23.8 Å². The molecule has 8 nitrogen and oxygen atoms in total. The summed E-state index contributed by atoms with van der Waals surface area (Å²) in [4.78, 5) is 22.8. The summed E-state index contributed by atoms with van der Waals surface area (Å²) in [7, 11) is 1.51. The van der Waals surface area contributed by atoms with Crippen LogP contribution in [0.1, 0.15) is 16.1 Å². The first kappa shape index (κ1) is 19.1. The Kier molecular flexibility index (Phi) is 5.71. The third kappa shape index (κ3) is 4.36. The summed E-state index contributed by atoms with van der Waals surface area (Å²) in [6, 6.07) is 14.1. The van der Waals surface area contributed by atoms with E-state index in [0.717, 1.165) is 0 Å². The minimum Gasteiger partial charge on any atom is -0.497 e. The van der Waals surface area contributed by atoms with Crippen LogP contribution in [0.3, 0.4) is 0 Å². The van der Waals surface area contributed by atoms with Crippen LogP contribution in [0, 0.1) is 10.1 Å². The van der Waals surface area contributed by atoms with E-state index in [1.807, 2.05) is 0 Å². The fraction of sp³-hybridized carbons (Fsp3) is 0.0526. The highest BCUT2D eigenvalue weighted by Gasteiger charge is 2.18. The van der Waals surface area contributed by atoms with Gasteiger partial charge in [-0.25, -0.2) is 5.43 Å². The van der Waals surface area contributed by atoms with Crippen molar-refractivity contribution >= 4 is 29.4 Å². The van der Waals surface area contributed by atoms with Crippen molar-refractivity contribution in [3.05, 3.63) is 81.1 Å². The topological polar surface area (TPSA) is 107 Å². The van der Waals surface area contributed by atoms with Gasteiger partial charge in [0.2, 0.25) is 0 Å². The highest BCUT2D eigenvalue weighted by Crippen LogP contribution is 2.33. The lowest BCUT2D eigenvalue weighted by Gasteiger charge is -2.02. The van der Waals surface area contributed by atoms with E-state index in [2.05, 4.69) is 10.5 Å². The number of hydrogen-bond acceptors (Lipinski definition) is 6. The van der Waals surface area contributed by atoms with Crippen LogP contribution >= 0.6 is 11.6 Å². The lowest BCUT2D eigenvalue weighted by Crippen LogP contribution is -2.17. The number of hydrogen-bond donors (Lipinski definition) is 1. The molecule has 142 valence electrons. The number of ether oxygens (including phenoxy) is 1. The lowest BCUT2D eigenvalue weighted by molar-refractivity contribution is -0.384. The largest absolute Gasteiger partial charge is 0.497 e. The van der Waals surface area contributed by atoms with E-state index in [-0.39, 0.29) is 22.0 Å². The van der Waals surface area contributed by atoms with Crippen LogP contribution in [0.4, 0.5) is 5.69 Å². The van der Waals surface area contributed by atoms with Crippen LogP contribution in [0.15, 0.2) is 64.1 Å². The predicted molar refractivity (Wildman–Crippen MR) is 104 cm³/mol. The van der Waals surface area contributed by atoms with Gasteiger partial charge < -0.3 is 9.15 Å². The minimum atomic E-state index is -0.536. The van der Waals surface area contributed by atoms with Gasteiger partial charge in [0, 0.05) is 16.7 Å². The van der Waals surface area contributed by atoms with Crippen LogP contribution in [0.5, 0.6) is 5.75 Å². The fourth-order valence-electron chi connectivity index (χ4n) is 2.41. The molecular formula is C19H14ClN3O5. The third-order valence-electron chi connectivity index (χ3n) is 3.74. The zero-order valence-corrected chi connectivity index (χ0v) is 15.3. The van der Waals surface area contributed by atoms with Crippen molar-refractivity contribution in [1.82, 2.24) is 5.43 Å². The van der Waals surface area contributed by atoms with E-state index >= 15 is 0 Å². The molecule has 0 unspecified atom stereocenters. The molecule has 1 N–H and O–H groups in total. The summed E-state index contributed by atoms with van der Waals surface area (Å²) in [5.74, 6) is 0.723. The Bertz CT molecular complexity index is 1060. The molecule has 3 aromatic rings. The first-order chi connectivity index (χ1) is 13.5. The molecule has 0 aliphatic rings. The zero-order valence-electron chi connectivity index (χ0n) is 14.6. The monoisotopic (exact) mass is 399 g/mol.